The molecule has 4 aromatic carbocycles. The van der Waals surface area contributed by atoms with Crippen LogP contribution in [-0.4, -0.2) is 93.4 Å². The van der Waals surface area contributed by atoms with Crippen molar-refractivity contribution < 1.29 is 28.2 Å². The maximum atomic E-state index is 13.4. The number of benzene rings is 4. The summed E-state index contributed by atoms with van der Waals surface area (Å²) in [5.74, 6) is 0.433. The fourth-order valence-corrected chi connectivity index (χ4v) is 11.8. The topological polar surface area (TPSA) is 114 Å². The number of aryl methyl sites for hydroxylation is 4. The number of aromatic nitrogens is 2. The first-order chi connectivity index (χ1) is 33.8. The molecule has 2 aliphatic rings. The molecule has 0 amide bonds. The molecule has 70 heavy (non-hydrogen) atoms. The second kappa shape index (κ2) is 24.7. The Morgan fingerprint density at radius 2 is 1.03 bits per heavy atom. The minimum Gasteiger partial charge on any atom is -0.481 e. The molecule has 14 heteroatoms. The Labute approximate surface area is 418 Å². The first-order valence-corrected chi connectivity index (χ1v) is 26.6. The molecule has 372 valence electrons. The number of carbonyl (C=O) groups is 2. The van der Waals surface area contributed by atoms with Crippen molar-refractivity contribution >= 4 is 57.3 Å². The van der Waals surface area contributed by atoms with Gasteiger partial charge in [-0.25, -0.2) is 8.78 Å². The van der Waals surface area contributed by atoms with Crippen LogP contribution in [0, 0.1) is 36.3 Å². The minimum atomic E-state index is -0.740. The number of fused-ring (bicyclic) bond motifs is 2. The number of hydrogen-bond acceptors (Lipinski definition) is 9. The molecule has 2 aliphatic heterocycles. The van der Waals surface area contributed by atoms with Crippen LogP contribution in [0.25, 0.3) is 21.8 Å². The predicted molar refractivity (Wildman–Crippen MR) is 279 cm³/mol. The number of nitrogens with zero attached hydrogens (tertiary/aromatic N) is 4. The van der Waals surface area contributed by atoms with Gasteiger partial charge in [0.05, 0.1) is 28.5 Å². The van der Waals surface area contributed by atoms with Gasteiger partial charge in [-0.1, -0.05) is 36.4 Å². The van der Waals surface area contributed by atoms with E-state index in [9.17, 15) is 33.1 Å². The molecule has 2 saturated heterocycles. The highest BCUT2D eigenvalue weighted by Crippen LogP contribution is 2.39. The number of pyridine rings is 2. The number of carbonyl (C=O) groups excluding carboxylic acids is 1. The number of halogens is 2. The maximum absolute atomic E-state index is 13.4. The van der Waals surface area contributed by atoms with Crippen molar-refractivity contribution in [1.82, 2.24) is 18.9 Å². The van der Waals surface area contributed by atoms with Crippen molar-refractivity contribution in [3.8, 4) is 0 Å². The second-order valence-electron chi connectivity index (χ2n) is 18.9. The number of piperidine rings is 2. The third-order valence-electron chi connectivity index (χ3n) is 14.1. The lowest BCUT2D eigenvalue weighted by atomic mass is 9.74. The van der Waals surface area contributed by atoms with Crippen molar-refractivity contribution in [3.63, 3.8) is 0 Å². The Morgan fingerprint density at radius 1 is 0.600 bits per heavy atom. The summed E-state index contributed by atoms with van der Waals surface area (Å²) in [6, 6.07) is 32.4. The Morgan fingerprint density at radius 3 is 1.46 bits per heavy atom. The third-order valence-corrected chi connectivity index (χ3v) is 16.1. The van der Waals surface area contributed by atoms with Gasteiger partial charge in [0.25, 0.3) is 11.1 Å². The summed E-state index contributed by atoms with van der Waals surface area (Å²) in [7, 11) is 0. The number of aliphatic carboxylic acids is 1. The van der Waals surface area contributed by atoms with Gasteiger partial charge in [0, 0.05) is 59.6 Å². The number of hydrogen-bond donors (Lipinski definition) is 1. The van der Waals surface area contributed by atoms with E-state index in [0.29, 0.717) is 51.8 Å². The number of carboxylic acids is 1. The second-order valence-corrected chi connectivity index (χ2v) is 21.2. The molecule has 2 fully saturated rings. The predicted octanol–water partition coefficient (Wildman–Crippen LogP) is 10.9. The van der Waals surface area contributed by atoms with E-state index in [4.69, 9.17) is 4.74 Å². The van der Waals surface area contributed by atoms with Crippen LogP contribution in [0.1, 0.15) is 69.4 Å². The Balaban J connectivity index is 0.000000207. The summed E-state index contributed by atoms with van der Waals surface area (Å²) >= 11 is 3.27. The monoisotopic (exact) mass is 992 g/mol. The van der Waals surface area contributed by atoms with Crippen LogP contribution in [0.3, 0.4) is 0 Å². The number of carboxylic acid groups (broad SMARTS) is 1. The number of thioether (sulfide) groups is 2. The van der Waals surface area contributed by atoms with Gasteiger partial charge in [0.1, 0.15) is 11.6 Å². The summed E-state index contributed by atoms with van der Waals surface area (Å²) in [4.78, 5) is 57.0. The van der Waals surface area contributed by atoms with Crippen molar-refractivity contribution in [1.29, 1.82) is 0 Å². The van der Waals surface area contributed by atoms with E-state index in [-0.39, 0.29) is 28.7 Å². The highest BCUT2D eigenvalue weighted by atomic mass is 32.2. The van der Waals surface area contributed by atoms with Gasteiger partial charge >= 0.3 is 11.9 Å². The van der Waals surface area contributed by atoms with Crippen LogP contribution in [0.5, 0.6) is 0 Å². The third kappa shape index (κ3) is 13.8. The molecule has 10 nitrogen and oxygen atoms in total. The van der Waals surface area contributed by atoms with Crippen molar-refractivity contribution in [2.24, 2.45) is 10.8 Å². The largest absolute Gasteiger partial charge is 0.481 e. The first kappa shape index (κ1) is 52.5. The Hall–Kier alpha value is -5.28. The molecule has 0 radical (unpaired) electrons. The van der Waals surface area contributed by atoms with Gasteiger partial charge in [-0.05, 0) is 181 Å². The zero-order valence-corrected chi connectivity index (χ0v) is 42.3. The lowest BCUT2D eigenvalue weighted by Crippen LogP contribution is -2.46. The van der Waals surface area contributed by atoms with Crippen LogP contribution < -0.4 is 11.1 Å². The van der Waals surface area contributed by atoms with Crippen molar-refractivity contribution in [2.45, 2.75) is 95.0 Å². The fourth-order valence-electron chi connectivity index (χ4n) is 9.93. The van der Waals surface area contributed by atoms with E-state index in [1.54, 1.807) is 64.5 Å². The van der Waals surface area contributed by atoms with E-state index in [2.05, 4.69) is 21.9 Å². The van der Waals surface area contributed by atoms with E-state index in [1.807, 2.05) is 73.9 Å². The summed E-state index contributed by atoms with van der Waals surface area (Å²) < 4.78 is 35.9. The summed E-state index contributed by atoms with van der Waals surface area (Å²) in [5, 5.41) is 12.1. The summed E-state index contributed by atoms with van der Waals surface area (Å²) in [5.41, 5.74) is 2.75. The molecule has 0 saturated carbocycles. The minimum absolute atomic E-state index is 0.0103. The number of rotatable bonds is 19. The average molecular weight is 993 g/mol. The molecule has 8 rings (SSSR count). The fraction of sp³-hybridized carbons (Fsp3) is 0.429. The van der Waals surface area contributed by atoms with Gasteiger partial charge in [0.15, 0.2) is 0 Å². The smallest absolute Gasteiger partial charge is 0.312 e. The zero-order valence-electron chi connectivity index (χ0n) is 40.7. The molecule has 4 heterocycles. The van der Waals surface area contributed by atoms with Gasteiger partial charge < -0.3 is 28.8 Å². The molecular formula is C56H66F2N4O6S2. The number of likely N-dealkylation sites (tertiary alicyclic amines) is 2. The lowest BCUT2D eigenvalue weighted by Gasteiger charge is -2.40. The molecule has 0 atom stereocenters. The molecule has 0 bridgehead atoms. The average Bonchev–Trinajstić information content (AvgIpc) is 3.34. The maximum Gasteiger partial charge on any atom is 0.312 e. The summed E-state index contributed by atoms with van der Waals surface area (Å²) in [6.07, 6.45) is 5.36. The van der Waals surface area contributed by atoms with Crippen LogP contribution in [0.4, 0.5) is 8.78 Å². The van der Waals surface area contributed by atoms with Crippen LogP contribution in [-0.2, 0) is 27.4 Å². The lowest BCUT2D eigenvalue weighted by molar-refractivity contribution is -0.159. The van der Waals surface area contributed by atoms with Gasteiger partial charge in [-0.2, -0.15) is 0 Å². The molecule has 1 N–H and O–H groups in total. The van der Waals surface area contributed by atoms with Crippen molar-refractivity contribution in [3.05, 3.63) is 153 Å². The van der Waals surface area contributed by atoms with E-state index in [1.165, 1.54) is 12.1 Å². The zero-order chi connectivity index (χ0) is 49.7. The molecule has 0 aliphatic carbocycles. The Kier molecular flexibility index (Phi) is 18.5. The quantitative estimate of drug-likeness (QED) is 0.0621. The number of esters is 1. The van der Waals surface area contributed by atoms with Crippen LogP contribution in [0.2, 0.25) is 0 Å². The van der Waals surface area contributed by atoms with E-state index < -0.39 is 16.8 Å². The summed E-state index contributed by atoms with van der Waals surface area (Å²) in [6.45, 7) is 12.2. The number of ether oxygens (including phenoxy) is 1. The first-order valence-electron chi connectivity index (χ1n) is 24.6. The van der Waals surface area contributed by atoms with Crippen LogP contribution in [0.15, 0.2) is 129 Å². The molecule has 0 unspecified atom stereocenters. The normalized spacial score (nSPS) is 15.9. The SMILES string of the molecule is CCOC(=O)C1(CCCn2c(=O)ccc3ccc(C)cc32)CCN(CCSc2cccc(F)c2)CC1.Cc1ccc2ccc(=O)n(CCCC3(C(=O)O)CCN(CCSc4cccc(F)c4)CC3)c2c1. The molecule has 6 aromatic rings. The van der Waals surface area contributed by atoms with E-state index >= 15 is 0 Å². The molecular weight excluding hydrogens is 927 g/mol. The van der Waals surface area contributed by atoms with Crippen molar-refractivity contribution in [2.75, 3.05) is 57.4 Å². The standard InChI is InChI=1S/C29H35FN2O3S.C27H31FN2O3S/c1-3-35-28(34)29(12-5-15-32-26-20-22(2)8-9-23(26)10-11-27(32)33)13-16-31(17-14-29)18-19-36-25-7-4-6-24(30)21-25;1-20-6-7-21-8-9-25(31)30(24(21)18-20)13-3-10-27(26(32)33)11-14-29(15-12-27)16-17-34-23-5-2-4-22(28)19-23/h4,6-11,20-21H,3,5,12-19H2,1-2H3;2,4-9,18-19H,3,10-17H2,1H3,(H,32,33). The Bertz CT molecular complexity index is 2850. The van der Waals surface area contributed by atoms with Gasteiger partial charge in [-0.3, -0.25) is 19.2 Å². The molecule has 0 spiro atoms. The highest BCUT2D eigenvalue weighted by Gasteiger charge is 2.42. The van der Waals surface area contributed by atoms with Gasteiger partial charge in [0.2, 0.25) is 0 Å². The van der Waals surface area contributed by atoms with E-state index in [0.717, 1.165) is 113 Å². The van der Waals surface area contributed by atoms with Gasteiger partial charge in [-0.15, -0.1) is 23.5 Å². The van der Waals surface area contributed by atoms with Crippen LogP contribution >= 0.6 is 23.5 Å². The molecule has 2 aromatic heterocycles. The highest BCUT2D eigenvalue weighted by molar-refractivity contribution is 7.99.